The monoisotopic (exact) mass is 516 g/mol. The molecule has 1 aliphatic carbocycles. The van der Waals surface area contributed by atoms with Crippen LogP contribution in [0.1, 0.15) is 24.8 Å². The molecule has 0 spiro atoms. The summed E-state index contributed by atoms with van der Waals surface area (Å²) in [4.78, 5) is 19.5. The number of aromatic amines is 1. The fourth-order valence-electron chi connectivity index (χ4n) is 5.53. The van der Waals surface area contributed by atoms with E-state index in [4.69, 9.17) is 25.8 Å². The first-order valence-corrected chi connectivity index (χ1v) is 12.9. The summed E-state index contributed by atoms with van der Waals surface area (Å²) in [5.41, 5.74) is 5.71. The maximum atomic E-state index is 11.6. The molecule has 1 saturated carbocycles. The lowest BCUT2D eigenvalue weighted by Gasteiger charge is -2.15. The Hall–Kier alpha value is -3.39. The van der Waals surface area contributed by atoms with Crippen LogP contribution in [-0.4, -0.2) is 52.6 Å². The van der Waals surface area contributed by atoms with Crippen LogP contribution < -0.4 is 4.74 Å². The molecular formula is C29H25ClN2O5. The lowest BCUT2D eigenvalue weighted by atomic mass is 9.93. The number of hydrogen-bond acceptors (Lipinski definition) is 5. The summed E-state index contributed by atoms with van der Waals surface area (Å²) in [5, 5.41) is 10.2. The van der Waals surface area contributed by atoms with Crippen LogP contribution in [-0.2, 0) is 19.7 Å². The van der Waals surface area contributed by atoms with E-state index in [9.17, 15) is 9.90 Å². The molecule has 1 aromatic heterocycles. The Kier molecular flexibility index (Phi) is 5.29. The molecular weight excluding hydrogens is 492 g/mol. The van der Waals surface area contributed by atoms with Gasteiger partial charge in [-0.2, -0.15) is 4.98 Å². The molecule has 188 valence electrons. The molecule has 3 aliphatic rings. The average Bonchev–Trinajstić information content (AvgIpc) is 3.22. The van der Waals surface area contributed by atoms with Gasteiger partial charge in [-0.25, -0.2) is 0 Å². The van der Waals surface area contributed by atoms with Gasteiger partial charge in [0, 0.05) is 12.2 Å². The third-order valence-electron chi connectivity index (χ3n) is 7.86. The molecule has 0 bridgehead atoms. The van der Waals surface area contributed by atoms with Crippen molar-refractivity contribution < 1.29 is 24.1 Å². The minimum Gasteiger partial charge on any atom is -0.481 e. The molecule has 3 aromatic carbocycles. The van der Waals surface area contributed by atoms with Gasteiger partial charge >= 0.3 is 5.97 Å². The Morgan fingerprint density at radius 3 is 2.43 bits per heavy atom. The van der Waals surface area contributed by atoms with Crippen molar-refractivity contribution in [3.05, 3.63) is 71.2 Å². The van der Waals surface area contributed by atoms with Crippen LogP contribution in [0.5, 0.6) is 6.01 Å². The second-order valence-corrected chi connectivity index (χ2v) is 10.5. The zero-order valence-electron chi connectivity index (χ0n) is 19.9. The number of ether oxygens (including phenoxy) is 3. The molecule has 2 aliphatic heterocycles. The van der Waals surface area contributed by atoms with Gasteiger partial charge in [-0.05, 0) is 53.6 Å². The average molecular weight is 517 g/mol. The third-order valence-corrected chi connectivity index (χ3v) is 8.17. The molecule has 2 saturated heterocycles. The largest absolute Gasteiger partial charge is 0.481 e. The number of carboxylic acids is 1. The van der Waals surface area contributed by atoms with E-state index in [0.717, 1.165) is 45.3 Å². The number of hydrogen-bond donors (Lipinski definition) is 2. The van der Waals surface area contributed by atoms with Crippen molar-refractivity contribution in [2.45, 2.75) is 43.0 Å². The Labute approximate surface area is 218 Å². The van der Waals surface area contributed by atoms with E-state index in [2.05, 4.69) is 9.97 Å². The van der Waals surface area contributed by atoms with Gasteiger partial charge in [0.05, 0.1) is 34.2 Å². The maximum absolute atomic E-state index is 11.6. The van der Waals surface area contributed by atoms with E-state index >= 15 is 0 Å². The van der Waals surface area contributed by atoms with Gasteiger partial charge in [-0.1, -0.05) is 60.1 Å². The van der Waals surface area contributed by atoms with Crippen LogP contribution >= 0.6 is 11.6 Å². The van der Waals surface area contributed by atoms with Crippen LogP contribution in [0.25, 0.3) is 33.3 Å². The number of carboxylic acid groups (broad SMARTS) is 1. The highest BCUT2D eigenvalue weighted by Crippen LogP contribution is 2.48. The highest BCUT2D eigenvalue weighted by atomic mass is 35.5. The van der Waals surface area contributed by atoms with Crippen LogP contribution in [0.15, 0.2) is 60.7 Å². The van der Waals surface area contributed by atoms with Gasteiger partial charge in [0.2, 0.25) is 0 Å². The second-order valence-electron chi connectivity index (χ2n) is 10.1. The molecule has 7 nitrogen and oxygen atoms in total. The highest BCUT2D eigenvalue weighted by Gasteiger charge is 2.51. The number of benzene rings is 3. The fourth-order valence-corrected chi connectivity index (χ4v) is 5.81. The number of nitrogens with one attached hydrogen (secondary N) is 1. The fraction of sp³-hybridized carbons (Fsp3) is 0.310. The lowest BCUT2D eigenvalue weighted by Crippen LogP contribution is -2.32. The number of carbonyl (C=O) groups is 1. The summed E-state index contributed by atoms with van der Waals surface area (Å²) in [7, 11) is 0. The molecule has 7 rings (SSSR count). The number of fused-ring (bicyclic) bond motifs is 2. The summed E-state index contributed by atoms with van der Waals surface area (Å²) in [6.07, 6.45) is 2.19. The van der Waals surface area contributed by atoms with Gasteiger partial charge in [-0.3, -0.25) is 4.79 Å². The van der Waals surface area contributed by atoms with Crippen molar-refractivity contribution in [3.63, 3.8) is 0 Å². The van der Waals surface area contributed by atoms with Crippen molar-refractivity contribution in [1.29, 1.82) is 0 Å². The predicted molar refractivity (Wildman–Crippen MR) is 139 cm³/mol. The number of halogens is 1. The van der Waals surface area contributed by atoms with Crippen molar-refractivity contribution in [2.75, 3.05) is 13.2 Å². The summed E-state index contributed by atoms with van der Waals surface area (Å²) in [6, 6.07) is 20.3. The highest BCUT2D eigenvalue weighted by molar-refractivity contribution is 6.34. The number of nitrogens with zero attached hydrogens (tertiary/aromatic N) is 1. The first kappa shape index (κ1) is 22.8. The molecule has 8 heteroatoms. The van der Waals surface area contributed by atoms with Crippen LogP contribution in [0.3, 0.4) is 0 Å². The van der Waals surface area contributed by atoms with Crippen molar-refractivity contribution in [3.8, 4) is 28.3 Å². The van der Waals surface area contributed by atoms with Gasteiger partial charge in [0.15, 0.2) is 6.10 Å². The Balaban J connectivity index is 1.11. The second kappa shape index (κ2) is 8.58. The van der Waals surface area contributed by atoms with Gasteiger partial charge in [0.25, 0.3) is 6.01 Å². The third kappa shape index (κ3) is 3.89. The van der Waals surface area contributed by atoms with E-state index in [0.29, 0.717) is 37.1 Å². The standard InChI is InChI=1S/C29H25ClN2O5/c30-21-14-23-22(31-28(32-23)37-25-15-36-24-9-12-35-26(24)25)13-20(21)18-3-1-16(2-4-18)17-5-7-19(8-6-17)29(10-11-29)27(33)34/h1-8,13-14,24-26H,9-12,15H2,(H,31,32)(H,33,34)/t24-,25?,26+/m1/s1. The number of aromatic nitrogens is 2. The van der Waals surface area contributed by atoms with Crippen LogP contribution in [0.4, 0.5) is 0 Å². The van der Waals surface area contributed by atoms with Crippen molar-refractivity contribution in [2.24, 2.45) is 0 Å². The van der Waals surface area contributed by atoms with Gasteiger partial charge in [0.1, 0.15) is 6.10 Å². The summed E-state index contributed by atoms with van der Waals surface area (Å²) in [6.45, 7) is 1.19. The minimum absolute atomic E-state index is 0.0472. The summed E-state index contributed by atoms with van der Waals surface area (Å²) < 4.78 is 17.6. The Bertz CT molecular complexity index is 1490. The van der Waals surface area contributed by atoms with Crippen LogP contribution in [0.2, 0.25) is 5.02 Å². The first-order chi connectivity index (χ1) is 18.0. The molecule has 2 N–H and O–H groups in total. The zero-order chi connectivity index (χ0) is 25.1. The van der Waals surface area contributed by atoms with E-state index in [-0.39, 0.29) is 18.3 Å². The Morgan fingerprint density at radius 2 is 1.73 bits per heavy atom. The SMILES string of the molecule is O=C(O)C1(c2ccc(-c3ccc(-c4cc5nc(OC6CO[C@@H]7CCO[C@H]67)[nH]c5cc4Cl)cc3)cc2)CC1. The summed E-state index contributed by atoms with van der Waals surface area (Å²) >= 11 is 6.66. The van der Waals surface area contributed by atoms with E-state index in [1.165, 1.54) is 0 Å². The molecule has 3 heterocycles. The smallest absolute Gasteiger partial charge is 0.314 e. The van der Waals surface area contributed by atoms with Crippen molar-refractivity contribution >= 4 is 28.6 Å². The quantitative estimate of drug-likeness (QED) is 0.346. The zero-order valence-corrected chi connectivity index (χ0v) is 20.7. The maximum Gasteiger partial charge on any atom is 0.314 e. The van der Waals surface area contributed by atoms with E-state index in [1.54, 1.807) is 0 Å². The molecule has 0 amide bonds. The topological polar surface area (TPSA) is 93.7 Å². The summed E-state index contributed by atoms with van der Waals surface area (Å²) in [5.74, 6) is -0.738. The molecule has 37 heavy (non-hydrogen) atoms. The predicted octanol–water partition coefficient (Wildman–Crippen LogP) is 5.60. The Morgan fingerprint density at radius 1 is 1.03 bits per heavy atom. The van der Waals surface area contributed by atoms with E-state index in [1.807, 2.05) is 60.7 Å². The molecule has 3 atom stereocenters. The number of aliphatic carboxylic acids is 1. The molecule has 3 fully saturated rings. The van der Waals surface area contributed by atoms with Crippen LogP contribution in [0, 0.1) is 0 Å². The molecule has 1 unspecified atom stereocenters. The molecule has 0 radical (unpaired) electrons. The van der Waals surface area contributed by atoms with Gasteiger partial charge in [-0.15, -0.1) is 0 Å². The minimum atomic E-state index is -0.738. The van der Waals surface area contributed by atoms with Gasteiger partial charge < -0.3 is 24.3 Å². The normalized spacial score (nSPS) is 23.8. The first-order valence-electron chi connectivity index (χ1n) is 12.5. The van der Waals surface area contributed by atoms with Crippen molar-refractivity contribution in [1.82, 2.24) is 9.97 Å². The number of imidazole rings is 1. The number of H-pyrrole nitrogens is 1. The lowest BCUT2D eigenvalue weighted by molar-refractivity contribution is -0.140. The molecule has 4 aromatic rings. The van der Waals surface area contributed by atoms with E-state index < -0.39 is 11.4 Å². The number of rotatable bonds is 6.